The van der Waals surface area contributed by atoms with E-state index in [-0.39, 0.29) is 0 Å². The zero-order valence-corrected chi connectivity index (χ0v) is 19.7. The van der Waals surface area contributed by atoms with Gasteiger partial charge in [0.05, 0.1) is 12.7 Å². The van der Waals surface area contributed by atoms with Gasteiger partial charge in [0.1, 0.15) is 5.75 Å². The van der Waals surface area contributed by atoms with E-state index in [1.165, 1.54) is 83.5 Å². The predicted octanol–water partition coefficient (Wildman–Crippen LogP) is 8.01. The van der Waals surface area contributed by atoms with Gasteiger partial charge in [0.25, 0.3) is 0 Å². The molecule has 2 unspecified atom stereocenters. The Hall–Kier alpha value is -0.830. The maximum atomic E-state index is 10.9. The van der Waals surface area contributed by atoms with Crippen molar-refractivity contribution in [1.29, 1.82) is 0 Å². The second-order valence-electron chi connectivity index (χ2n) is 8.01. The molecule has 0 fully saturated rings. The zero-order valence-electron chi connectivity index (χ0n) is 18.7. The lowest BCUT2D eigenvalue weighted by atomic mass is 10.0. The lowest BCUT2D eigenvalue weighted by Gasteiger charge is -2.16. The first kappa shape index (κ1) is 26.2. The summed E-state index contributed by atoms with van der Waals surface area (Å²) in [7, 11) is -2.95. The molecule has 0 aliphatic carbocycles. The van der Waals surface area contributed by atoms with Gasteiger partial charge < -0.3 is 14.2 Å². The topological polar surface area (TPSA) is 55.8 Å². The van der Waals surface area contributed by atoms with Crippen molar-refractivity contribution < 1.29 is 18.7 Å². The summed E-state index contributed by atoms with van der Waals surface area (Å²) < 4.78 is 21.8. The van der Waals surface area contributed by atoms with Crippen LogP contribution in [0, 0.1) is 0 Å². The monoisotopic (exact) mass is 426 g/mol. The van der Waals surface area contributed by atoms with Crippen molar-refractivity contribution in [3.8, 4) is 5.75 Å². The van der Waals surface area contributed by atoms with E-state index in [0.29, 0.717) is 6.61 Å². The normalized spacial score (nSPS) is 13.3. The minimum Gasteiger partial charge on any atom is -0.493 e. The highest BCUT2D eigenvalue weighted by molar-refractivity contribution is 7.32. The Kier molecular flexibility index (Phi) is 16.2. The van der Waals surface area contributed by atoms with Crippen molar-refractivity contribution in [1.82, 2.24) is 0 Å². The number of hydrogen-bond acceptors (Lipinski definition) is 3. The van der Waals surface area contributed by atoms with E-state index in [9.17, 15) is 4.57 Å². The molecule has 0 aromatic heterocycles. The first-order valence-corrected chi connectivity index (χ1v) is 13.0. The van der Waals surface area contributed by atoms with Gasteiger partial charge in [0.2, 0.25) is 0 Å². The molecule has 1 N–H and O–H groups in total. The summed E-state index contributed by atoms with van der Waals surface area (Å²) in [4.78, 5) is 8.98. The Morgan fingerprint density at radius 2 is 1.31 bits per heavy atom. The smallest absolute Gasteiger partial charge is 0.317 e. The number of hydrogen-bond donors (Lipinski definition) is 1. The van der Waals surface area contributed by atoms with Gasteiger partial charge in [0.15, 0.2) is 0 Å². The van der Waals surface area contributed by atoms with Crippen LogP contribution in [0.4, 0.5) is 0 Å². The van der Waals surface area contributed by atoms with Crippen molar-refractivity contribution >= 4 is 8.25 Å². The molecule has 168 valence electrons. The molecule has 0 aliphatic heterocycles. The van der Waals surface area contributed by atoms with Gasteiger partial charge in [-0.3, -0.25) is 4.57 Å². The lowest BCUT2D eigenvalue weighted by molar-refractivity contribution is 0.201. The van der Waals surface area contributed by atoms with Crippen LogP contribution in [0.2, 0.25) is 0 Å². The van der Waals surface area contributed by atoms with Crippen LogP contribution >= 0.6 is 8.25 Å². The fraction of sp³-hybridized carbons (Fsp3) is 0.750. The fourth-order valence-electron chi connectivity index (χ4n) is 3.64. The van der Waals surface area contributed by atoms with Crippen LogP contribution in [-0.4, -0.2) is 11.5 Å². The minimum absolute atomic E-state index is 0.445. The highest BCUT2D eigenvalue weighted by Gasteiger charge is 2.13. The largest absolute Gasteiger partial charge is 0.493 e. The van der Waals surface area contributed by atoms with Gasteiger partial charge >= 0.3 is 8.25 Å². The molecule has 0 amide bonds. The van der Waals surface area contributed by atoms with E-state index >= 15 is 0 Å². The average molecular weight is 427 g/mol. The molecule has 5 heteroatoms. The maximum absolute atomic E-state index is 10.9. The van der Waals surface area contributed by atoms with E-state index in [0.717, 1.165) is 17.7 Å². The molecule has 0 saturated heterocycles. The standard InChI is InChI=1S/C24H43O4P/c1-3-4-5-6-7-8-9-10-11-12-13-14-15-18-21-27-24-20-17-16-19-23(24)22(2)28-29(25)26/h16-17,19-20,22,29H,3-15,18,21H2,1-2H3,(H,25,26). The maximum Gasteiger partial charge on any atom is 0.317 e. The number of benzene rings is 1. The number of rotatable bonds is 19. The van der Waals surface area contributed by atoms with Crippen molar-refractivity contribution in [2.24, 2.45) is 0 Å². The second kappa shape index (κ2) is 18.0. The Balaban J connectivity index is 1.99. The van der Waals surface area contributed by atoms with Crippen LogP contribution in [0.5, 0.6) is 5.75 Å². The average Bonchev–Trinajstić information content (AvgIpc) is 2.70. The van der Waals surface area contributed by atoms with Gasteiger partial charge in [-0.15, -0.1) is 0 Å². The third kappa shape index (κ3) is 13.9. The van der Waals surface area contributed by atoms with Crippen LogP contribution in [0.1, 0.15) is 115 Å². The Bertz CT molecular complexity index is 535. The molecule has 0 saturated carbocycles. The number of ether oxygens (including phenoxy) is 1. The van der Waals surface area contributed by atoms with Gasteiger partial charge in [-0.2, -0.15) is 0 Å². The third-order valence-corrected chi connectivity index (χ3v) is 5.95. The third-order valence-electron chi connectivity index (χ3n) is 5.39. The molecule has 1 aromatic carbocycles. The summed E-state index contributed by atoms with van der Waals surface area (Å²) in [5.41, 5.74) is 0.824. The molecule has 4 nitrogen and oxygen atoms in total. The Labute approximate surface area is 179 Å². The minimum atomic E-state index is -2.95. The van der Waals surface area contributed by atoms with Crippen molar-refractivity contribution in [3.63, 3.8) is 0 Å². The molecular formula is C24H43O4P. The molecule has 0 heterocycles. The predicted molar refractivity (Wildman–Crippen MR) is 123 cm³/mol. The van der Waals surface area contributed by atoms with Crippen molar-refractivity contribution in [2.75, 3.05) is 6.61 Å². The molecule has 0 spiro atoms. The summed E-state index contributed by atoms with van der Waals surface area (Å²) in [6.07, 6.45) is 18.3. The molecule has 1 rings (SSSR count). The van der Waals surface area contributed by atoms with E-state index in [1.54, 1.807) is 6.92 Å². The number of para-hydroxylation sites is 1. The lowest BCUT2D eigenvalue weighted by Crippen LogP contribution is -2.03. The van der Waals surface area contributed by atoms with E-state index < -0.39 is 14.4 Å². The SMILES string of the molecule is CCCCCCCCCCCCCCCCOc1ccccc1C(C)O[PH](=O)O. The van der Waals surface area contributed by atoms with Crippen molar-refractivity contribution in [3.05, 3.63) is 29.8 Å². The Morgan fingerprint density at radius 1 is 0.828 bits per heavy atom. The molecular weight excluding hydrogens is 383 g/mol. The Morgan fingerprint density at radius 3 is 1.83 bits per heavy atom. The van der Waals surface area contributed by atoms with E-state index in [1.807, 2.05) is 24.3 Å². The van der Waals surface area contributed by atoms with Gasteiger partial charge in [-0.25, -0.2) is 0 Å². The molecule has 0 aliphatic rings. The van der Waals surface area contributed by atoms with Crippen LogP contribution < -0.4 is 4.74 Å². The van der Waals surface area contributed by atoms with Crippen LogP contribution in [0.25, 0.3) is 0 Å². The molecule has 0 radical (unpaired) electrons. The van der Waals surface area contributed by atoms with Crippen LogP contribution in [0.15, 0.2) is 24.3 Å². The summed E-state index contributed by atoms with van der Waals surface area (Å²) in [6.45, 7) is 4.72. The van der Waals surface area contributed by atoms with Gasteiger partial charge in [-0.05, 0) is 19.4 Å². The highest BCUT2D eigenvalue weighted by Crippen LogP contribution is 2.33. The van der Waals surface area contributed by atoms with E-state index in [2.05, 4.69) is 6.92 Å². The summed E-state index contributed by atoms with van der Waals surface area (Å²) >= 11 is 0. The van der Waals surface area contributed by atoms with Gasteiger partial charge in [-0.1, -0.05) is 109 Å². The molecule has 2 atom stereocenters. The van der Waals surface area contributed by atoms with Crippen LogP contribution in [-0.2, 0) is 9.09 Å². The van der Waals surface area contributed by atoms with Crippen molar-refractivity contribution in [2.45, 2.75) is 110 Å². The molecule has 0 bridgehead atoms. The second-order valence-corrected chi connectivity index (χ2v) is 8.78. The first-order chi connectivity index (χ1) is 14.1. The highest BCUT2D eigenvalue weighted by atomic mass is 31.1. The molecule has 29 heavy (non-hydrogen) atoms. The van der Waals surface area contributed by atoms with Gasteiger partial charge in [0, 0.05) is 5.56 Å². The number of unbranched alkanes of at least 4 members (excludes halogenated alkanes) is 13. The summed E-state index contributed by atoms with van der Waals surface area (Å²) in [5, 5.41) is 0. The molecule has 1 aromatic rings. The van der Waals surface area contributed by atoms with E-state index in [4.69, 9.17) is 14.2 Å². The summed E-state index contributed by atoms with van der Waals surface area (Å²) in [6, 6.07) is 7.59. The summed E-state index contributed by atoms with van der Waals surface area (Å²) in [5.74, 6) is 0.748. The zero-order chi connectivity index (χ0) is 21.2. The fourth-order valence-corrected chi connectivity index (χ4v) is 4.07. The van der Waals surface area contributed by atoms with Crippen LogP contribution in [0.3, 0.4) is 0 Å². The quantitative estimate of drug-likeness (QED) is 0.180. The first-order valence-electron chi connectivity index (χ1n) is 11.8.